The van der Waals surface area contributed by atoms with Crippen LogP contribution in [0.2, 0.25) is 5.02 Å². The number of aromatic carboxylic acids is 1. The Morgan fingerprint density at radius 2 is 2.19 bits per heavy atom. The summed E-state index contributed by atoms with van der Waals surface area (Å²) in [5.74, 6) is -1.00. The average molecular weight is 237 g/mol. The van der Waals surface area contributed by atoms with Gasteiger partial charge >= 0.3 is 5.97 Å². The van der Waals surface area contributed by atoms with Crippen LogP contribution in [0.3, 0.4) is 0 Å². The Labute approximate surface area is 97.1 Å². The van der Waals surface area contributed by atoms with Gasteiger partial charge in [-0.25, -0.2) is 4.79 Å². The molecule has 0 spiro atoms. The van der Waals surface area contributed by atoms with E-state index in [2.05, 4.69) is 5.10 Å². The van der Waals surface area contributed by atoms with Gasteiger partial charge in [0.1, 0.15) is 0 Å². The summed E-state index contributed by atoms with van der Waals surface area (Å²) in [5.41, 5.74) is 1.53. The van der Waals surface area contributed by atoms with E-state index in [1.807, 2.05) is 0 Å². The number of hydrogen-bond acceptors (Lipinski definition) is 2. The zero-order valence-corrected chi connectivity index (χ0v) is 9.27. The van der Waals surface area contributed by atoms with Crippen molar-refractivity contribution in [3.63, 3.8) is 0 Å². The fraction of sp³-hybridized carbons (Fsp3) is 0.0909. The fourth-order valence-corrected chi connectivity index (χ4v) is 1.73. The minimum Gasteiger partial charge on any atom is -0.478 e. The van der Waals surface area contributed by atoms with Crippen molar-refractivity contribution in [1.29, 1.82) is 0 Å². The first-order valence-corrected chi connectivity index (χ1v) is 4.98. The number of carboxylic acid groups (broad SMARTS) is 1. The minimum absolute atomic E-state index is 0.177. The molecule has 0 amide bonds. The van der Waals surface area contributed by atoms with E-state index >= 15 is 0 Å². The van der Waals surface area contributed by atoms with Crippen molar-refractivity contribution in [3.8, 4) is 11.3 Å². The molecule has 0 aliphatic rings. The molecule has 82 valence electrons. The topological polar surface area (TPSA) is 55.1 Å². The Bertz CT molecular complexity index is 549. The molecule has 1 aromatic carbocycles. The Hall–Kier alpha value is -1.81. The van der Waals surface area contributed by atoms with E-state index < -0.39 is 5.97 Å². The summed E-state index contributed by atoms with van der Waals surface area (Å²) >= 11 is 5.78. The van der Waals surface area contributed by atoms with Gasteiger partial charge < -0.3 is 5.11 Å². The van der Waals surface area contributed by atoms with Crippen molar-refractivity contribution in [1.82, 2.24) is 9.78 Å². The van der Waals surface area contributed by atoms with E-state index in [-0.39, 0.29) is 5.56 Å². The molecule has 0 saturated heterocycles. The van der Waals surface area contributed by atoms with Gasteiger partial charge in [-0.1, -0.05) is 17.7 Å². The second-order valence-electron chi connectivity index (χ2n) is 3.34. The lowest BCUT2D eigenvalue weighted by atomic mass is 10.0. The Kier molecular flexibility index (Phi) is 2.66. The number of halogens is 1. The van der Waals surface area contributed by atoms with Gasteiger partial charge in [-0.15, -0.1) is 0 Å². The van der Waals surface area contributed by atoms with Crippen molar-refractivity contribution >= 4 is 17.6 Å². The molecule has 0 aliphatic carbocycles. The number of hydrogen-bond donors (Lipinski definition) is 1. The number of aromatic nitrogens is 2. The lowest BCUT2D eigenvalue weighted by Gasteiger charge is -2.06. The average Bonchev–Trinajstić information content (AvgIpc) is 2.64. The van der Waals surface area contributed by atoms with Gasteiger partial charge in [0.25, 0.3) is 0 Å². The second kappa shape index (κ2) is 3.98. The van der Waals surface area contributed by atoms with Crippen molar-refractivity contribution in [2.75, 3.05) is 0 Å². The van der Waals surface area contributed by atoms with Crippen LogP contribution in [0.25, 0.3) is 11.3 Å². The molecule has 0 atom stereocenters. The van der Waals surface area contributed by atoms with Gasteiger partial charge in [-0.2, -0.15) is 5.10 Å². The fourth-order valence-electron chi connectivity index (χ4n) is 1.55. The van der Waals surface area contributed by atoms with Crippen LogP contribution in [-0.4, -0.2) is 20.9 Å². The zero-order valence-electron chi connectivity index (χ0n) is 8.51. The van der Waals surface area contributed by atoms with Gasteiger partial charge in [-0.05, 0) is 18.2 Å². The highest BCUT2D eigenvalue weighted by molar-refractivity contribution is 6.31. The number of benzene rings is 1. The van der Waals surface area contributed by atoms with Gasteiger partial charge in [0.2, 0.25) is 0 Å². The maximum absolute atomic E-state index is 11.1. The summed E-state index contributed by atoms with van der Waals surface area (Å²) < 4.78 is 1.62. The maximum atomic E-state index is 11.1. The molecule has 0 bridgehead atoms. The van der Waals surface area contributed by atoms with Gasteiger partial charge in [0.15, 0.2) is 0 Å². The van der Waals surface area contributed by atoms with Gasteiger partial charge in [0.05, 0.1) is 11.3 Å². The van der Waals surface area contributed by atoms with E-state index in [9.17, 15) is 4.79 Å². The van der Waals surface area contributed by atoms with Crippen molar-refractivity contribution in [2.45, 2.75) is 0 Å². The molecular formula is C11H9ClN2O2. The summed E-state index contributed by atoms with van der Waals surface area (Å²) in [7, 11) is 1.76. The number of carbonyl (C=O) groups is 1. The highest BCUT2D eigenvalue weighted by Gasteiger charge is 2.14. The molecule has 0 radical (unpaired) electrons. The predicted molar refractivity (Wildman–Crippen MR) is 60.6 cm³/mol. The maximum Gasteiger partial charge on any atom is 0.336 e. The van der Waals surface area contributed by atoms with Crippen LogP contribution in [0.1, 0.15) is 10.4 Å². The quantitative estimate of drug-likeness (QED) is 0.871. The molecule has 1 aromatic heterocycles. The van der Waals surface area contributed by atoms with Crippen molar-refractivity contribution < 1.29 is 9.90 Å². The molecule has 2 rings (SSSR count). The lowest BCUT2D eigenvalue weighted by Crippen LogP contribution is -2.02. The number of nitrogens with zero attached hydrogens (tertiary/aromatic N) is 2. The second-order valence-corrected chi connectivity index (χ2v) is 3.77. The third-order valence-electron chi connectivity index (χ3n) is 2.31. The molecule has 0 aliphatic heterocycles. The molecule has 0 fully saturated rings. The molecule has 0 unspecified atom stereocenters. The van der Waals surface area contributed by atoms with E-state index in [0.717, 1.165) is 5.69 Å². The summed E-state index contributed by atoms with van der Waals surface area (Å²) in [5, 5.41) is 13.5. The van der Waals surface area contributed by atoms with Crippen LogP contribution in [-0.2, 0) is 7.05 Å². The third kappa shape index (κ3) is 1.79. The van der Waals surface area contributed by atoms with Crippen LogP contribution in [0.15, 0.2) is 30.5 Å². The summed E-state index contributed by atoms with van der Waals surface area (Å²) in [6.07, 6.45) is 1.62. The van der Waals surface area contributed by atoms with Gasteiger partial charge in [-0.3, -0.25) is 4.68 Å². The molecule has 1 N–H and O–H groups in total. The monoisotopic (exact) mass is 236 g/mol. The molecule has 16 heavy (non-hydrogen) atoms. The first-order chi connectivity index (χ1) is 7.59. The lowest BCUT2D eigenvalue weighted by molar-refractivity contribution is 0.0697. The Morgan fingerprint density at radius 1 is 1.44 bits per heavy atom. The van der Waals surface area contributed by atoms with Crippen LogP contribution >= 0.6 is 11.6 Å². The van der Waals surface area contributed by atoms with Crippen LogP contribution in [0.5, 0.6) is 0 Å². The predicted octanol–water partition coefficient (Wildman–Crippen LogP) is 2.44. The molecule has 0 saturated carbocycles. The first kappa shape index (κ1) is 10.7. The molecule has 4 nitrogen and oxygen atoms in total. The highest BCUT2D eigenvalue weighted by atomic mass is 35.5. The normalized spacial score (nSPS) is 10.4. The van der Waals surface area contributed by atoms with E-state index in [4.69, 9.17) is 16.7 Å². The summed E-state index contributed by atoms with van der Waals surface area (Å²) in [6.45, 7) is 0. The molecular weight excluding hydrogens is 228 g/mol. The van der Waals surface area contributed by atoms with Crippen LogP contribution in [0.4, 0.5) is 0 Å². The standard InChI is InChI=1S/C11H9ClN2O2/c1-14-10(4-5-13-14)8-3-2-7(12)6-9(8)11(15)16/h2-6H,1H3,(H,15,16). The largest absolute Gasteiger partial charge is 0.478 e. The summed E-state index contributed by atoms with van der Waals surface area (Å²) in [4.78, 5) is 11.1. The van der Waals surface area contributed by atoms with E-state index in [1.165, 1.54) is 6.07 Å². The molecule has 1 heterocycles. The van der Waals surface area contributed by atoms with Crippen molar-refractivity contribution in [2.24, 2.45) is 7.05 Å². The third-order valence-corrected chi connectivity index (χ3v) is 2.54. The van der Waals surface area contributed by atoms with E-state index in [1.54, 1.807) is 36.1 Å². The van der Waals surface area contributed by atoms with Crippen LogP contribution in [0, 0.1) is 0 Å². The zero-order chi connectivity index (χ0) is 11.7. The highest BCUT2D eigenvalue weighted by Crippen LogP contribution is 2.25. The summed E-state index contributed by atoms with van der Waals surface area (Å²) in [6, 6.07) is 6.54. The number of rotatable bonds is 2. The molecule has 5 heteroatoms. The SMILES string of the molecule is Cn1nccc1-c1ccc(Cl)cc1C(=O)O. The first-order valence-electron chi connectivity index (χ1n) is 4.61. The van der Waals surface area contributed by atoms with Crippen LogP contribution < -0.4 is 0 Å². The van der Waals surface area contributed by atoms with E-state index in [0.29, 0.717) is 10.6 Å². The van der Waals surface area contributed by atoms with Crippen molar-refractivity contribution in [3.05, 3.63) is 41.0 Å². The van der Waals surface area contributed by atoms with Gasteiger partial charge in [0, 0.05) is 23.8 Å². The molecule has 2 aromatic rings. The minimum atomic E-state index is -1.00. The Balaban J connectivity index is 2.65. The Morgan fingerprint density at radius 3 is 2.75 bits per heavy atom. The number of aryl methyl sites for hydroxylation is 1. The smallest absolute Gasteiger partial charge is 0.336 e. The number of carboxylic acids is 1.